The number of fused-ring (bicyclic) bond motifs is 4. The van der Waals surface area contributed by atoms with Crippen LogP contribution in [-0.2, 0) is 0 Å². The van der Waals surface area contributed by atoms with Gasteiger partial charge in [-0.15, -0.1) is 0 Å². The first-order chi connectivity index (χ1) is 14.8. The van der Waals surface area contributed by atoms with Crippen LogP contribution < -0.4 is 0 Å². The fraction of sp³-hybridized carbons (Fsp3) is 0. The highest BCUT2D eigenvalue weighted by Crippen LogP contribution is 2.35. The summed E-state index contributed by atoms with van der Waals surface area (Å²) in [7, 11) is 0. The van der Waals surface area contributed by atoms with Crippen LogP contribution in [-0.4, -0.2) is 19.9 Å². The number of nitrogens with zero attached hydrogens (tertiary/aromatic N) is 4. The molecule has 0 aliphatic carbocycles. The van der Waals surface area contributed by atoms with Crippen LogP contribution in [0.15, 0.2) is 88.1 Å². The van der Waals surface area contributed by atoms with Crippen molar-refractivity contribution in [3.63, 3.8) is 0 Å². The third kappa shape index (κ3) is 2.76. The van der Waals surface area contributed by atoms with E-state index in [0.29, 0.717) is 5.71 Å². The van der Waals surface area contributed by atoms with Crippen LogP contribution in [0.3, 0.4) is 0 Å². The number of hydrogen-bond acceptors (Lipinski definition) is 5. The lowest BCUT2D eigenvalue weighted by molar-refractivity contribution is 0.653. The molecule has 5 nitrogen and oxygen atoms in total. The molecular formula is C24H13BrN4O. The fourth-order valence-corrected chi connectivity index (χ4v) is 3.89. The second-order valence-electron chi connectivity index (χ2n) is 6.95. The molecule has 4 aromatic heterocycles. The fourth-order valence-electron chi connectivity index (χ4n) is 3.65. The zero-order valence-corrected chi connectivity index (χ0v) is 17.2. The minimum atomic E-state index is 0.511. The van der Waals surface area contributed by atoms with E-state index in [1.165, 1.54) is 0 Å². The molecule has 4 heterocycles. The van der Waals surface area contributed by atoms with Gasteiger partial charge in [0, 0.05) is 34.3 Å². The molecule has 2 aromatic carbocycles. The Morgan fingerprint density at radius 1 is 0.767 bits per heavy atom. The summed E-state index contributed by atoms with van der Waals surface area (Å²) in [6.07, 6.45) is 3.58. The molecule has 0 aliphatic heterocycles. The Bertz CT molecular complexity index is 1560. The first-order valence-electron chi connectivity index (χ1n) is 9.43. The second-order valence-corrected chi connectivity index (χ2v) is 7.77. The summed E-state index contributed by atoms with van der Waals surface area (Å²) >= 11 is 3.40. The lowest BCUT2D eigenvalue weighted by atomic mass is 10.0. The van der Waals surface area contributed by atoms with Gasteiger partial charge in [0.15, 0.2) is 0 Å². The Morgan fingerprint density at radius 3 is 2.53 bits per heavy atom. The van der Waals surface area contributed by atoms with Crippen LogP contribution in [0.5, 0.6) is 0 Å². The van der Waals surface area contributed by atoms with E-state index >= 15 is 0 Å². The molecule has 0 saturated heterocycles. The average Bonchev–Trinajstić information content (AvgIpc) is 3.16. The van der Waals surface area contributed by atoms with Crippen LogP contribution in [0.25, 0.3) is 55.6 Å². The van der Waals surface area contributed by atoms with Crippen molar-refractivity contribution in [1.82, 2.24) is 19.9 Å². The van der Waals surface area contributed by atoms with Crippen molar-refractivity contribution in [2.45, 2.75) is 0 Å². The summed E-state index contributed by atoms with van der Waals surface area (Å²) in [4.78, 5) is 18.7. The van der Waals surface area contributed by atoms with Crippen LogP contribution in [0.1, 0.15) is 0 Å². The van der Waals surface area contributed by atoms with E-state index < -0.39 is 0 Å². The topological polar surface area (TPSA) is 64.7 Å². The van der Waals surface area contributed by atoms with E-state index in [2.05, 4.69) is 38.0 Å². The van der Waals surface area contributed by atoms with E-state index in [1.54, 1.807) is 12.4 Å². The lowest BCUT2D eigenvalue weighted by Crippen LogP contribution is -1.95. The van der Waals surface area contributed by atoms with Crippen molar-refractivity contribution < 1.29 is 4.42 Å². The smallest absolute Gasteiger partial charge is 0.246 e. The van der Waals surface area contributed by atoms with Gasteiger partial charge in [-0.05, 0) is 52.3 Å². The molecule has 6 rings (SSSR count). The van der Waals surface area contributed by atoms with E-state index in [-0.39, 0.29) is 0 Å². The summed E-state index contributed by atoms with van der Waals surface area (Å²) < 4.78 is 6.75. The Balaban J connectivity index is 1.69. The molecule has 0 fully saturated rings. The summed E-state index contributed by atoms with van der Waals surface area (Å²) in [5.41, 5.74) is 6.23. The van der Waals surface area contributed by atoms with Crippen molar-refractivity contribution in [3.8, 4) is 22.5 Å². The summed E-state index contributed by atoms with van der Waals surface area (Å²) in [5.74, 6) is 0. The van der Waals surface area contributed by atoms with Crippen LogP contribution in [0, 0.1) is 0 Å². The third-order valence-corrected chi connectivity index (χ3v) is 5.56. The lowest BCUT2D eigenvalue weighted by Gasteiger charge is -2.09. The highest BCUT2D eigenvalue weighted by Gasteiger charge is 2.18. The summed E-state index contributed by atoms with van der Waals surface area (Å²) in [5, 5.41) is 2.02. The molecule has 30 heavy (non-hydrogen) atoms. The van der Waals surface area contributed by atoms with Crippen LogP contribution in [0.4, 0.5) is 0 Å². The number of hydrogen-bond donors (Lipinski definition) is 0. The maximum absolute atomic E-state index is 5.98. The predicted octanol–water partition coefficient (Wildman–Crippen LogP) is 6.42. The Hall–Kier alpha value is -3.64. The first-order valence-corrected chi connectivity index (χ1v) is 10.2. The third-order valence-electron chi connectivity index (χ3n) is 5.09. The molecule has 0 bridgehead atoms. The molecule has 0 aliphatic rings. The molecule has 0 amide bonds. The SMILES string of the molecule is Brc1ccc(-c2nc3oc4ccccc4c3nc2-c2ccc3cccnc3c2)cn1. The number of para-hydroxylation sites is 1. The van der Waals surface area contributed by atoms with E-state index in [9.17, 15) is 0 Å². The number of halogens is 1. The Labute approximate surface area is 179 Å². The quantitative estimate of drug-likeness (QED) is 0.283. The van der Waals surface area contributed by atoms with Gasteiger partial charge in [-0.1, -0.05) is 30.3 Å². The van der Waals surface area contributed by atoms with Gasteiger partial charge in [0.25, 0.3) is 0 Å². The van der Waals surface area contributed by atoms with Crippen molar-refractivity contribution in [2.75, 3.05) is 0 Å². The normalized spacial score (nSPS) is 11.5. The van der Waals surface area contributed by atoms with Gasteiger partial charge in [0.05, 0.1) is 11.2 Å². The van der Waals surface area contributed by atoms with Gasteiger partial charge < -0.3 is 4.42 Å². The predicted molar refractivity (Wildman–Crippen MR) is 121 cm³/mol. The highest BCUT2D eigenvalue weighted by atomic mass is 79.9. The van der Waals surface area contributed by atoms with Crippen LogP contribution in [0.2, 0.25) is 0 Å². The molecular weight excluding hydrogens is 440 g/mol. The summed E-state index contributed by atoms with van der Waals surface area (Å²) in [6.45, 7) is 0. The first kappa shape index (κ1) is 17.2. The molecule has 0 saturated carbocycles. The number of rotatable bonds is 2. The van der Waals surface area contributed by atoms with Crippen LogP contribution >= 0.6 is 15.9 Å². The largest absolute Gasteiger partial charge is 0.436 e. The van der Waals surface area contributed by atoms with Gasteiger partial charge in [-0.3, -0.25) is 4.98 Å². The Kier molecular flexibility index (Phi) is 3.86. The molecule has 6 heteroatoms. The van der Waals surface area contributed by atoms with Gasteiger partial charge in [-0.2, -0.15) is 0 Å². The summed E-state index contributed by atoms with van der Waals surface area (Å²) in [6, 6.07) is 21.9. The van der Waals surface area contributed by atoms with Gasteiger partial charge in [-0.25, -0.2) is 15.0 Å². The van der Waals surface area contributed by atoms with E-state index in [4.69, 9.17) is 14.4 Å². The van der Waals surface area contributed by atoms with Crippen molar-refractivity contribution >= 4 is 49.0 Å². The molecule has 0 N–H and O–H groups in total. The molecule has 6 aromatic rings. The molecule has 0 radical (unpaired) electrons. The number of furan rings is 1. The molecule has 142 valence electrons. The monoisotopic (exact) mass is 452 g/mol. The van der Waals surface area contributed by atoms with E-state index in [1.807, 2.05) is 54.6 Å². The molecule has 0 spiro atoms. The van der Waals surface area contributed by atoms with Crippen molar-refractivity contribution in [2.24, 2.45) is 0 Å². The Morgan fingerprint density at radius 2 is 1.63 bits per heavy atom. The average molecular weight is 453 g/mol. The van der Waals surface area contributed by atoms with Crippen molar-refractivity contribution in [1.29, 1.82) is 0 Å². The highest BCUT2D eigenvalue weighted by molar-refractivity contribution is 9.10. The van der Waals surface area contributed by atoms with Crippen molar-refractivity contribution in [3.05, 3.63) is 83.7 Å². The van der Waals surface area contributed by atoms with Gasteiger partial charge >= 0.3 is 0 Å². The minimum absolute atomic E-state index is 0.511. The molecule has 0 unspecified atom stereocenters. The standard InChI is InChI=1S/C24H13BrN4O/c25-20-10-9-16(13-27-20)22-21(15-8-7-14-4-3-11-26-18(14)12-15)28-23-17-5-1-2-6-19(17)30-24(23)29-22/h1-13H. The minimum Gasteiger partial charge on any atom is -0.436 e. The number of aromatic nitrogens is 4. The maximum atomic E-state index is 5.98. The van der Waals surface area contributed by atoms with Gasteiger partial charge in [0.1, 0.15) is 21.4 Å². The zero-order chi connectivity index (χ0) is 20.1. The number of benzene rings is 2. The maximum Gasteiger partial charge on any atom is 0.246 e. The zero-order valence-electron chi connectivity index (χ0n) is 15.6. The number of pyridine rings is 2. The van der Waals surface area contributed by atoms with Gasteiger partial charge in [0.2, 0.25) is 5.71 Å². The second kappa shape index (κ2) is 6.71. The molecule has 0 atom stereocenters. The van der Waals surface area contributed by atoms with E-state index in [0.717, 1.165) is 54.5 Å².